The maximum atomic E-state index is 12.5. The van der Waals surface area contributed by atoms with Gasteiger partial charge in [0.2, 0.25) is 0 Å². The lowest BCUT2D eigenvalue weighted by Crippen LogP contribution is -2.22. The summed E-state index contributed by atoms with van der Waals surface area (Å²) in [5.41, 5.74) is 7.47. The Morgan fingerprint density at radius 3 is 2.62 bits per heavy atom. The molecule has 0 amide bonds. The van der Waals surface area contributed by atoms with Crippen LogP contribution in [0.4, 0.5) is 0 Å². The number of esters is 1. The number of nitrogens with one attached hydrogen (secondary N) is 1. The van der Waals surface area contributed by atoms with Crippen molar-refractivity contribution in [2.24, 2.45) is 0 Å². The number of aromatic amines is 1. The van der Waals surface area contributed by atoms with Crippen LogP contribution >= 0.6 is 0 Å². The highest BCUT2D eigenvalue weighted by Crippen LogP contribution is 2.31. The topological polar surface area (TPSA) is 96.9 Å². The predicted molar refractivity (Wildman–Crippen MR) is 142 cm³/mol. The van der Waals surface area contributed by atoms with Crippen molar-refractivity contribution in [3.63, 3.8) is 0 Å². The number of benzene rings is 1. The van der Waals surface area contributed by atoms with Crippen molar-refractivity contribution in [3.8, 4) is 33.8 Å². The first-order chi connectivity index (χ1) is 18.0. The second kappa shape index (κ2) is 9.55. The molecule has 1 N–H and O–H groups in total. The molecule has 1 aliphatic heterocycles. The molecule has 0 spiro atoms. The van der Waals surface area contributed by atoms with Crippen molar-refractivity contribution < 1.29 is 9.53 Å². The predicted octanol–water partition coefficient (Wildman–Crippen LogP) is 4.92. The molecule has 0 bridgehead atoms. The van der Waals surface area contributed by atoms with Crippen LogP contribution in [0.3, 0.4) is 0 Å². The standard InChI is InChI=1S/C29H26N6O2/c1-18-4-3-5-25(34-18)28-27(32-17-33-28)19-6-8-24-21(12-19)13-22(15-30-24)20-7-9-26(31-14-20)29(36)37-23-10-11-35(2)16-23/h3-9,12-15,17,23H,10-11,16H2,1-2H3,(H,32,33)/t23-/m1/s1. The Hall–Kier alpha value is -4.43. The van der Waals surface area contributed by atoms with Gasteiger partial charge in [-0.3, -0.25) is 9.97 Å². The molecule has 0 aliphatic carbocycles. The highest BCUT2D eigenvalue weighted by Gasteiger charge is 2.24. The van der Waals surface area contributed by atoms with Crippen molar-refractivity contribution in [2.45, 2.75) is 19.4 Å². The van der Waals surface area contributed by atoms with Crippen LogP contribution in [0.2, 0.25) is 0 Å². The first-order valence-corrected chi connectivity index (χ1v) is 12.3. The summed E-state index contributed by atoms with van der Waals surface area (Å²) in [4.78, 5) is 36.1. The number of aromatic nitrogens is 5. The molecule has 5 aromatic rings. The minimum Gasteiger partial charge on any atom is -0.456 e. The third kappa shape index (κ3) is 4.71. The van der Waals surface area contributed by atoms with Gasteiger partial charge in [-0.2, -0.15) is 0 Å². The first kappa shape index (κ1) is 23.0. The molecule has 1 fully saturated rings. The Morgan fingerprint density at radius 2 is 1.84 bits per heavy atom. The van der Waals surface area contributed by atoms with E-state index in [2.05, 4.69) is 42.0 Å². The SMILES string of the molecule is Cc1cccc(-c2[nH]cnc2-c2ccc3ncc(-c4ccc(C(=O)O[C@@H]5CCN(C)C5)nc4)cc3c2)n1. The number of likely N-dealkylation sites (tertiary alicyclic amines) is 1. The smallest absolute Gasteiger partial charge is 0.357 e. The quantitative estimate of drug-likeness (QED) is 0.349. The molecule has 184 valence electrons. The fraction of sp³-hybridized carbons (Fsp3) is 0.207. The minimum atomic E-state index is -0.383. The summed E-state index contributed by atoms with van der Waals surface area (Å²) in [5.74, 6) is -0.383. The Labute approximate surface area is 214 Å². The molecule has 0 unspecified atom stereocenters. The summed E-state index contributed by atoms with van der Waals surface area (Å²) in [6.45, 7) is 3.67. The van der Waals surface area contributed by atoms with Gasteiger partial charge in [0.05, 0.1) is 28.9 Å². The number of fused-ring (bicyclic) bond motifs is 1. The van der Waals surface area contributed by atoms with Gasteiger partial charge in [-0.1, -0.05) is 18.2 Å². The number of carbonyl (C=O) groups excluding carboxylic acids is 1. The molecule has 5 heterocycles. The maximum absolute atomic E-state index is 12.5. The normalized spacial score (nSPS) is 15.8. The first-order valence-electron chi connectivity index (χ1n) is 12.3. The molecule has 0 radical (unpaired) electrons. The number of ether oxygens (including phenoxy) is 1. The van der Waals surface area contributed by atoms with Gasteiger partial charge in [0.25, 0.3) is 0 Å². The van der Waals surface area contributed by atoms with E-state index in [1.807, 2.05) is 56.6 Å². The van der Waals surface area contributed by atoms with Crippen LogP contribution in [-0.4, -0.2) is 62.0 Å². The minimum absolute atomic E-state index is 0.0745. The fourth-order valence-corrected chi connectivity index (χ4v) is 4.72. The summed E-state index contributed by atoms with van der Waals surface area (Å²) in [6.07, 6.45) is 5.99. The van der Waals surface area contributed by atoms with Crippen LogP contribution in [0.1, 0.15) is 22.6 Å². The highest BCUT2D eigenvalue weighted by molar-refractivity contribution is 5.90. The van der Waals surface area contributed by atoms with E-state index >= 15 is 0 Å². The van der Waals surface area contributed by atoms with E-state index in [9.17, 15) is 4.79 Å². The van der Waals surface area contributed by atoms with Gasteiger partial charge in [-0.15, -0.1) is 0 Å². The number of carbonyl (C=O) groups is 1. The van der Waals surface area contributed by atoms with Crippen molar-refractivity contribution in [1.82, 2.24) is 29.8 Å². The fourth-order valence-electron chi connectivity index (χ4n) is 4.72. The molecular formula is C29H26N6O2. The van der Waals surface area contributed by atoms with Gasteiger partial charge in [-0.25, -0.2) is 14.8 Å². The molecule has 1 saturated heterocycles. The van der Waals surface area contributed by atoms with Crippen LogP contribution < -0.4 is 0 Å². The van der Waals surface area contributed by atoms with E-state index in [1.54, 1.807) is 18.6 Å². The van der Waals surface area contributed by atoms with Crippen LogP contribution in [0.15, 0.2) is 73.3 Å². The Balaban J connectivity index is 1.27. The van der Waals surface area contributed by atoms with E-state index in [1.165, 1.54) is 0 Å². The molecule has 1 aliphatic rings. The molecule has 0 saturated carbocycles. The lowest BCUT2D eigenvalue weighted by molar-refractivity contribution is 0.0320. The molecule has 8 heteroatoms. The Kier molecular flexibility index (Phi) is 5.94. The van der Waals surface area contributed by atoms with Crippen molar-refractivity contribution in [2.75, 3.05) is 20.1 Å². The zero-order valence-corrected chi connectivity index (χ0v) is 20.7. The van der Waals surface area contributed by atoms with Crippen LogP contribution in [-0.2, 0) is 4.74 Å². The van der Waals surface area contributed by atoms with E-state index in [0.717, 1.165) is 69.9 Å². The second-order valence-electron chi connectivity index (χ2n) is 9.43. The summed E-state index contributed by atoms with van der Waals surface area (Å²) >= 11 is 0. The van der Waals surface area contributed by atoms with Crippen molar-refractivity contribution in [1.29, 1.82) is 0 Å². The molecule has 1 atom stereocenters. The largest absolute Gasteiger partial charge is 0.456 e. The number of H-pyrrole nitrogens is 1. The molecule has 1 aromatic carbocycles. The zero-order valence-electron chi connectivity index (χ0n) is 20.7. The van der Waals surface area contributed by atoms with Gasteiger partial charge < -0.3 is 14.6 Å². The van der Waals surface area contributed by atoms with Crippen LogP contribution in [0.5, 0.6) is 0 Å². The number of pyridine rings is 3. The van der Waals surface area contributed by atoms with E-state index in [0.29, 0.717) is 5.69 Å². The summed E-state index contributed by atoms with van der Waals surface area (Å²) in [6, 6.07) is 17.7. The number of hydrogen-bond donors (Lipinski definition) is 1. The van der Waals surface area contributed by atoms with Gasteiger partial charge in [-0.05, 0) is 56.8 Å². The van der Waals surface area contributed by atoms with E-state index < -0.39 is 0 Å². The molecular weight excluding hydrogens is 464 g/mol. The third-order valence-electron chi connectivity index (χ3n) is 6.67. The summed E-state index contributed by atoms with van der Waals surface area (Å²) < 4.78 is 5.60. The lowest BCUT2D eigenvalue weighted by atomic mass is 10.0. The second-order valence-corrected chi connectivity index (χ2v) is 9.43. The van der Waals surface area contributed by atoms with Crippen LogP contribution in [0, 0.1) is 6.92 Å². The number of hydrogen-bond acceptors (Lipinski definition) is 7. The summed E-state index contributed by atoms with van der Waals surface area (Å²) in [5, 5.41) is 0.981. The number of aryl methyl sites for hydroxylation is 1. The monoisotopic (exact) mass is 490 g/mol. The van der Waals surface area contributed by atoms with Gasteiger partial charge in [0.1, 0.15) is 11.8 Å². The lowest BCUT2D eigenvalue weighted by Gasteiger charge is -2.12. The van der Waals surface area contributed by atoms with Gasteiger partial charge >= 0.3 is 5.97 Å². The average molecular weight is 491 g/mol. The van der Waals surface area contributed by atoms with E-state index in [4.69, 9.17) is 4.74 Å². The van der Waals surface area contributed by atoms with Crippen molar-refractivity contribution >= 4 is 16.9 Å². The van der Waals surface area contributed by atoms with Gasteiger partial charge in [0, 0.05) is 53.3 Å². The van der Waals surface area contributed by atoms with Gasteiger partial charge in [0.15, 0.2) is 0 Å². The number of imidazole rings is 1. The van der Waals surface area contributed by atoms with E-state index in [-0.39, 0.29) is 12.1 Å². The highest BCUT2D eigenvalue weighted by atomic mass is 16.5. The molecule has 4 aromatic heterocycles. The molecule has 8 nitrogen and oxygen atoms in total. The molecule has 6 rings (SSSR count). The summed E-state index contributed by atoms with van der Waals surface area (Å²) in [7, 11) is 2.02. The average Bonchev–Trinajstić information content (AvgIpc) is 3.57. The Morgan fingerprint density at radius 1 is 1.00 bits per heavy atom. The zero-order chi connectivity index (χ0) is 25.4. The molecule has 37 heavy (non-hydrogen) atoms. The number of nitrogens with zero attached hydrogens (tertiary/aromatic N) is 5. The van der Waals surface area contributed by atoms with Crippen LogP contribution in [0.25, 0.3) is 44.7 Å². The third-order valence-corrected chi connectivity index (χ3v) is 6.67. The number of likely N-dealkylation sites (N-methyl/N-ethyl adjacent to an activating group) is 1. The van der Waals surface area contributed by atoms with Crippen molar-refractivity contribution in [3.05, 3.63) is 84.7 Å². The Bertz CT molecular complexity index is 1590. The number of rotatable bonds is 5. The maximum Gasteiger partial charge on any atom is 0.357 e.